The largest absolute Gasteiger partial charge is 0.310 e. The molecule has 1 rings (SSSR count). The zero-order valence-electron chi connectivity index (χ0n) is 10.6. The molecule has 1 atom stereocenters. The van der Waals surface area contributed by atoms with E-state index in [1.54, 1.807) is 6.07 Å². The standard InChI is InChI=1S/C13H20Cl2N2/c1-10(4-5-17(2)3)16-9-11-6-12(14)8-13(15)7-11/h6-8,10,16H,4-5,9H2,1-3H3. The molecule has 0 spiro atoms. The molecule has 0 aromatic heterocycles. The van der Waals surface area contributed by atoms with E-state index in [-0.39, 0.29) is 0 Å². The molecule has 4 heteroatoms. The maximum absolute atomic E-state index is 5.95. The van der Waals surface area contributed by atoms with E-state index in [1.165, 1.54) is 0 Å². The van der Waals surface area contributed by atoms with Crippen LogP contribution in [0.15, 0.2) is 18.2 Å². The monoisotopic (exact) mass is 274 g/mol. The first-order chi connectivity index (χ1) is 7.97. The highest BCUT2D eigenvalue weighted by atomic mass is 35.5. The molecule has 0 aliphatic rings. The second kappa shape index (κ2) is 7.22. The van der Waals surface area contributed by atoms with Crippen LogP contribution in [-0.2, 0) is 6.54 Å². The van der Waals surface area contributed by atoms with Crippen LogP contribution < -0.4 is 5.32 Å². The topological polar surface area (TPSA) is 15.3 Å². The fourth-order valence-electron chi connectivity index (χ4n) is 1.56. The Balaban J connectivity index is 2.39. The third-order valence-corrected chi connectivity index (χ3v) is 3.02. The summed E-state index contributed by atoms with van der Waals surface area (Å²) in [5.74, 6) is 0. The van der Waals surface area contributed by atoms with Crippen LogP contribution >= 0.6 is 23.2 Å². The maximum Gasteiger partial charge on any atom is 0.0424 e. The summed E-state index contributed by atoms with van der Waals surface area (Å²) in [6, 6.07) is 6.12. The van der Waals surface area contributed by atoms with Gasteiger partial charge in [0.25, 0.3) is 0 Å². The van der Waals surface area contributed by atoms with E-state index in [1.807, 2.05) is 12.1 Å². The smallest absolute Gasteiger partial charge is 0.0424 e. The molecule has 0 bridgehead atoms. The van der Waals surface area contributed by atoms with Crippen molar-refractivity contribution in [3.8, 4) is 0 Å². The molecule has 96 valence electrons. The Kier molecular flexibility index (Phi) is 6.28. The van der Waals surface area contributed by atoms with Crippen LogP contribution in [0.3, 0.4) is 0 Å². The van der Waals surface area contributed by atoms with Crippen LogP contribution in [-0.4, -0.2) is 31.6 Å². The lowest BCUT2D eigenvalue weighted by Crippen LogP contribution is -2.29. The number of hydrogen-bond donors (Lipinski definition) is 1. The van der Waals surface area contributed by atoms with Gasteiger partial charge in [0.1, 0.15) is 0 Å². The van der Waals surface area contributed by atoms with Gasteiger partial charge < -0.3 is 10.2 Å². The Morgan fingerprint density at radius 2 is 1.76 bits per heavy atom. The number of rotatable bonds is 6. The number of hydrogen-bond acceptors (Lipinski definition) is 2. The predicted octanol–water partition coefficient (Wildman–Crippen LogP) is 3.42. The van der Waals surface area contributed by atoms with E-state index in [0.29, 0.717) is 16.1 Å². The molecule has 0 saturated heterocycles. The lowest BCUT2D eigenvalue weighted by atomic mass is 10.2. The Labute approximate surface area is 114 Å². The molecule has 1 N–H and O–H groups in total. The zero-order valence-corrected chi connectivity index (χ0v) is 12.1. The second-order valence-electron chi connectivity index (χ2n) is 4.65. The van der Waals surface area contributed by atoms with Crippen molar-refractivity contribution in [2.45, 2.75) is 25.9 Å². The third-order valence-electron chi connectivity index (χ3n) is 2.59. The zero-order chi connectivity index (χ0) is 12.8. The molecular weight excluding hydrogens is 255 g/mol. The lowest BCUT2D eigenvalue weighted by molar-refractivity contribution is 0.365. The van der Waals surface area contributed by atoms with Crippen LogP contribution in [0.4, 0.5) is 0 Å². The summed E-state index contributed by atoms with van der Waals surface area (Å²) in [7, 11) is 4.17. The second-order valence-corrected chi connectivity index (χ2v) is 5.52. The highest BCUT2D eigenvalue weighted by molar-refractivity contribution is 6.34. The van der Waals surface area contributed by atoms with Crippen molar-refractivity contribution >= 4 is 23.2 Å². The van der Waals surface area contributed by atoms with Gasteiger partial charge in [-0.15, -0.1) is 0 Å². The van der Waals surface area contributed by atoms with Crippen molar-refractivity contribution in [3.05, 3.63) is 33.8 Å². The van der Waals surface area contributed by atoms with Crippen molar-refractivity contribution in [1.29, 1.82) is 0 Å². The van der Waals surface area contributed by atoms with Gasteiger partial charge in [-0.1, -0.05) is 23.2 Å². The first kappa shape index (κ1) is 14.8. The molecule has 1 unspecified atom stereocenters. The summed E-state index contributed by atoms with van der Waals surface area (Å²) < 4.78 is 0. The van der Waals surface area contributed by atoms with Crippen LogP contribution in [0, 0.1) is 0 Å². The number of benzene rings is 1. The summed E-state index contributed by atoms with van der Waals surface area (Å²) in [5, 5.41) is 4.84. The molecule has 0 heterocycles. The van der Waals surface area contributed by atoms with E-state index < -0.39 is 0 Å². The van der Waals surface area contributed by atoms with Crippen molar-refractivity contribution in [2.75, 3.05) is 20.6 Å². The minimum Gasteiger partial charge on any atom is -0.310 e. The molecule has 1 aromatic carbocycles. The molecule has 0 amide bonds. The normalized spacial score (nSPS) is 13.1. The molecule has 1 aromatic rings. The van der Waals surface area contributed by atoms with Gasteiger partial charge in [0.15, 0.2) is 0 Å². The van der Waals surface area contributed by atoms with Gasteiger partial charge in [-0.2, -0.15) is 0 Å². The molecule has 0 fully saturated rings. The quantitative estimate of drug-likeness (QED) is 0.855. The first-order valence-corrected chi connectivity index (χ1v) is 6.56. The highest BCUT2D eigenvalue weighted by Crippen LogP contribution is 2.18. The molecule has 0 saturated carbocycles. The number of halogens is 2. The van der Waals surface area contributed by atoms with Gasteiger partial charge in [0.2, 0.25) is 0 Å². The molecule has 17 heavy (non-hydrogen) atoms. The van der Waals surface area contributed by atoms with Crippen LogP contribution in [0.2, 0.25) is 10.0 Å². The number of nitrogens with one attached hydrogen (secondary N) is 1. The summed E-state index contributed by atoms with van der Waals surface area (Å²) in [5.41, 5.74) is 1.12. The van der Waals surface area contributed by atoms with Crippen molar-refractivity contribution in [1.82, 2.24) is 10.2 Å². The minimum absolute atomic E-state index is 0.482. The van der Waals surface area contributed by atoms with Gasteiger partial charge in [-0.05, 0) is 57.7 Å². The predicted molar refractivity (Wildman–Crippen MR) is 75.9 cm³/mol. The fraction of sp³-hybridized carbons (Fsp3) is 0.538. The maximum atomic E-state index is 5.95. The van der Waals surface area contributed by atoms with Gasteiger partial charge >= 0.3 is 0 Å². The van der Waals surface area contributed by atoms with Crippen molar-refractivity contribution < 1.29 is 0 Å². The number of nitrogens with zero attached hydrogens (tertiary/aromatic N) is 1. The highest BCUT2D eigenvalue weighted by Gasteiger charge is 2.03. The van der Waals surface area contributed by atoms with Gasteiger partial charge in [0, 0.05) is 22.6 Å². The van der Waals surface area contributed by atoms with E-state index in [9.17, 15) is 0 Å². The third kappa shape index (κ3) is 6.27. The Morgan fingerprint density at radius 1 is 1.18 bits per heavy atom. The SMILES string of the molecule is CC(CCN(C)C)NCc1cc(Cl)cc(Cl)c1. The van der Waals surface area contributed by atoms with Gasteiger partial charge in [0.05, 0.1) is 0 Å². The first-order valence-electron chi connectivity index (χ1n) is 5.80. The van der Waals surface area contributed by atoms with Crippen LogP contribution in [0.25, 0.3) is 0 Å². The van der Waals surface area contributed by atoms with E-state index >= 15 is 0 Å². The Hall–Kier alpha value is -0.280. The van der Waals surface area contributed by atoms with Gasteiger partial charge in [-0.25, -0.2) is 0 Å². The fourth-order valence-corrected chi connectivity index (χ4v) is 2.13. The molecule has 0 radical (unpaired) electrons. The summed E-state index contributed by atoms with van der Waals surface area (Å²) in [6.07, 6.45) is 1.13. The average Bonchev–Trinajstić information content (AvgIpc) is 2.22. The van der Waals surface area contributed by atoms with E-state index in [0.717, 1.165) is 25.1 Å². The average molecular weight is 275 g/mol. The Morgan fingerprint density at radius 3 is 2.29 bits per heavy atom. The molecule has 0 aliphatic carbocycles. The van der Waals surface area contributed by atoms with Crippen LogP contribution in [0.1, 0.15) is 18.9 Å². The van der Waals surface area contributed by atoms with Crippen molar-refractivity contribution in [3.63, 3.8) is 0 Å². The molecule has 0 aliphatic heterocycles. The lowest BCUT2D eigenvalue weighted by Gasteiger charge is -2.16. The Bertz CT molecular complexity index is 333. The molecule has 2 nitrogen and oxygen atoms in total. The minimum atomic E-state index is 0.482. The van der Waals surface area contributed by atoms with Gasteiger partial charge in [-0.3, -0.25) is 0 Å². The van der Waals surface area contributed by atoms with Crippen molar-refractivity contribution in [2.24, 2.45) is 0 Å². The van der Waals surface area contributed by atoms with E-state index in [2.05, 4.69) is 31.2 Å². The molecular formula is C13H20Cl2N2. The van der Waals surface area contributed by atoms with E-state index in [4.69, 9.17) is 23.2 Å². The van der Waals surface area contributed by atoms with Crippen LogP contribution in [0.5, 0.6) is 0 Å². The summed E-state index contributed by atoms with van der Waals surface area (Å²) in [4.78, 5) is 2.19. The summed E-state index contributed by atoms with van der Waals surface area (Å²) in [6.45, 7) is 4.08. The summed E-state index contributed by atoms with van der Waals surface area (Å²) >= 11 is 11.9.